The summed E-state index contributed by atoms with van der Waals surface area (Å²) in [7, 11) is 0. The van der Waals surface area contributed by atoms with E-state index in [1.54, 1.807) is 31.2 Å². The molecule has 1 fully saturated rings. The van der Waals surface area contributed by atoms with Crippen LogP contribution >= 0.6 is 11.6 Å². The Morgan fingerprint density at radius 1 is 1.35 bits per heavy atom. The number of amides is 1. The molecule has 1 saturated carbocycles. The molecule has 3 rings (SSSR count). The SMILES string of the molecule is Cc1nc(C2CC2)oc1C(=O)NC(C(=O)O)c1ccc(Cl)cc1. The lowest BCUT2D eigenvalue weighted by molar-refractivity contribution is -0.139. The topological polar surface area (TPSA) is 92.4 Å². The molecule has 0 aliphatic heterocycles. The van der Waals surface area contributed by atoms with E-state index >= 15 is 0 Å². The first kappa shape index (κ1) is 15.6. The molecule has 1 aliphatic rings. The van der Waals surface area contributed by atoms with Gasteiger partial charge in [0.1, 0.15) is 0 Å². The Bertz CT molecular complexity index is 750. The fourth-order valence-electron chi connectivity index (χ4n) is 2.27. The largest absolute Gasteiger partial charge is 0.479 e. The molecule has 120 valence electrons. The zero-order chi connectivity index (χ0) is 16.6. The van der Waals surface area contributed by atoms with Gasteiger partial charge in [0.25, 0.3) is 5.91 Å². The van der Waals surface area contributed by atoms with Gasteiger partial charge in [-0.1, -0.05) is 23.7 Å². The van der Waals surface area contributed by atoms with Crippen LogP contribution in [0.1, 0.15) is 52.5 Å². The van der Waals surface area contributed by atoms with Crippen LogP contribution in [-0.2, 0) is 4.79 Å². The van der Waals surface area contributed by atoms with Crippen molar-refractivity contribution < 1.29 is 19.1 Å². The molecule has 1 amide bonds. The average Bonchev–Trinajstić information content (AvgIpc) is 3.28. The number of carboxylic acids is 1. The zero-order valence-electron chi connectivity index (χ0n) is 12.4. The molecule has 0 radical (unpaired) electrons. The highest BCUT2D eigenvalue weighted by Gasteiger charge is 2.32. The lowest BCUT2D eigenvalue weighted by Gasteiger charge is -2.14. The molecule has 1 unspecified atom stereocenters. The lowest BCUT2D eigenvalue weighted by Crippen LogP contribution is -2.33. The highest BCUT2D eigenvalue weighted by molar-refractivity contribution is 6.30. The maximum Gasteiger partial charge on any atom is 0.330 e. The van der Waals surface area contributed by atoms with Crippen molar-refractivity contribution in [3.05, 3.63) is 52.2 Å². The second-order valence-electron chi connectivity index (χ2n) is 5.54. The van der Waals surface area contributed by atoms with Crippen molar-refractivity contribution in [1.29, 1.82) is 0 Å². The molecule has 1 aliphatic carbocycles. The molecule has 1 aromatic heterocycles. The summed E-state index contributed by atoms with van der Waals surface area (Å²) in [4.78, 5) is 28.0. The van der Waals surface area contributed by atoms with Crippen molar-refractivity contribution in [2.24, 2.45) is 0 Å². The predicted octanol–water partition coefficient (Wildman–Crippen LogP) is 3.07. The molecular weight excluding hydrogens is 320 g/mol. The third kappa shape index (κ3) is 3.37. The first-order valence-electron chi connectivity index (χ1n) is 7.22. The summed E-state index contributed by atoms with van der Waals surface area (Å²) >= 11 is 5.80. The van der Waals surface area contributed by atoms with Crippen molar-refractivity contribution in [2.45, 2.75) is 31.7 Å². The first-order chi connectivity index (χ1) is 11.0. The number of nitrogens with one attached hydrogen (secondary N) is 1. The number of rotatable bonds is 5. The van der Waals surface area contributed by atoms with Crippen LogP contribution in [0.5, 0.6) is 0 Å². The van der Waals surface area contributed by atoms with Gasteiger partial charge in [0.05, 0.1) is 5.69 Å². The summed E-state index contributed by atoms with van der Waals surface area (Å²) in [5, 5.41) is 12.3. The van der Waals surface area contributed by atoms with Gasteiger partial charge in [0.2, 0.25) is 5.76 Å². The van der Waals surface area contributed by atoms with E-state index in [9.17, 15) is 14.7 Å². The van der Waals surface area contributed by atoms with Crippen molar-refractivity contribution in [1.82, 2.24) is 10.3 Å². The standard InChI is InChI=1S/C16H15ClN2O4/c1-8-13(23-15(18-8)10-2-3-10)14(20)19-12(16(21)22)9-4-6-11(17)7-5-9/h4-7,10,12H,2-3H2,1H3,(H,19,20)(H,21,22). The van der Waals surface area contributed by atoms with Crippen molar-refractivity contribution in [3.8, 4) is 0 Å². The molecule has 1 aromatic carbocycles. The number of nitrogens with zero attached hydrogens (tertiary/aromatic N) is 1. The molecule has 23 heavy (non-hydrogen) atoms. The highest BCUT2D eigenvalue weighted by atomic mass is 35.5. The fraction of sp³-hybridized carbons (Fsp3) is 0.312. The van der Waals surface area contributed by atoms with E-state index in [0.29, 0.717) is 22.2 Å². The molecule has 1 heterocycles. The molecular formula is C16H15ClN2O4. The monoisotopic (exact) mass is 334 g/mol. The Kier molecular flexibility index (Phi) is 4.09. The van der Waals surface area contributed by atoms with E-state index in [2.05, 4.69) is 10.3 Å². The Labute approximate surface area is 137 Å². The molecule has 0 spiro atoms. The van der Waals surface area contributed by atoms with Gasteiger partial charge in [0.15, 0.2) is 11.9 Å². The van der Waals surface area contributed by atoms with Gasteiger partial charge in [0, 0.05) is 10.9 Å². The van der Waals surface area contributed by atoms with E-state index in [1.165, 1.54) is 0 Å². The third-order valence-corrected chi connectivity index (χ3v) is 3.92. The number of carbonyl (C=O) groups is 2. The molecule has 1 atom stereocenters. The number of aromatic nitrogens is 1. The number of aryl methyl sites for hydroxylation is 1. The van der Waals surface area contributed by atoms with Crippen LogP contribution in [0.2, 0.25) is 5.02 Å². The third-order valence-electron chi connectivity index (χ3n) is 3.67. The van der Waals surface area contributed by atoms with Crippen LogP contribution in [0.4, 0.5) is 0 Å². The first-order valence-corrected chi connectivity index (χ1v) is 7.60. The summed E-state index contributed by atoms with van der Waals surface area (Å²) in [6.07, 6.45) is 2.01. The van der Waals surface area contributed by atoms with E-state index in [1.807, 2.05) is 0 Å². The van der Waals surface area contributed by atoms with E-state index in [4.69, 9.17) is 16.0 Å². The smallest absolute Gasteiger partial charge is 0.330 e. The maximum absolute atomic E-state index is 12.3. The molecule has 0 bridgehead atoms. The second-order valence-corrected chi connectivity index (χ2v) is 5.97. The normalized spacial score (nSPS) is 15.2. The Hall–Kier alpha value is -2.34. The minimum Gasteiger partial charge on any atom is -0.479 e. The number of carbonyl (C=O) groups excluding carboxylic acids is 1. The second kappa shape index (κ2) is 6.04. The van der Waals surface area contributed by atoms with Gasteiger partial charge in [-0.25, -0.2) is 9.78 Å². The number of hydrogen-bond donors (Lipinski definition) is 2. The molecule has 0 saturated heterocycles. The Balaban J connectivity index is 1.81. The summed E-state index contributed by atoms with van der Waals surface area (Å²) in [5.41, 5.74) is 0.888. The summed E-state index contributed by atoms with van der Waals surface area (Å²) in [5.74, 6) is -0.871. The number of aliphatic carboxylic acids is 1. The maximum atomic E-state index is 12.3. The van der Waals surface area contributed by atoms with Crippen LogP contribution in [-0.4, -0.2) is 22.0 Å². The van der Waals surface area contributed by atoms with Crippen molar-refractivity contribution >= 4 is 23.5 Å². The van der Waals surface area contributed by atoms with E-state index < -0.39 is 17.9 Å². The Morgan fingerprint density at radius 3 is 2.57 bits per heavy atom. The van der Waals surface area contributed by atoms with Gasteiger partial charge in [-0.2, -0.15) is 0 Å². The van der Waals surface area contributed by atoms with Crippen LogP contribution in [0.15, 0.2) is 28.7 Å². The van der Waals surface area contributed by atoms with Gasteiger partial charge in [-0.15, -0.1) is 0 Å². The molecule has 2 aromatic rings. The fourth-order valence-corrected chi connectivity index (χ4v) is 2.40. The quantitative estimate of drug-likeness (QED) is 0.876. The molecule has 6 nitrogen and oxygen atoms in total. The highest BCUT2D eigenvalue weighted by Crippen LogP contribution is 2.40. The number of halogens is 1. The van der Waals surface area contributed by atoms with Gasteiger partial charge >= 0.3 is 5.97 Å². The van der Waals surface area contributed by atoms with Crippen LogP contribution in [0.3, 0.4) is 0 Å². The van der Waals surface area contributed by atoms with Gasteiger partial charge < -0.3 is 14.8 Å². The number of carboxylic acid groups (broad SMARTS) is 1. The molecule has 7 heteroatoms. The zero-order valence-corrected chi connectivity index (χ0v) is 13.1. The minimum absolute atomic E-state index is 0.0621. The summed E-state index contributed by atoms with van der Waals surface area (Å²) in [6, 6.07) is 5.08. The number of hydrogen-bond acceptors (Lipinski definition) is 4. The summed E-state index contributed by atoms with van der Waals surface area (Å²) < 4.78 is 5.50. The summed E-state index contributed by atoms with van der Waals surface area (Å²) in [6.45, 7) is 1.67. The van der Waals surface area contributed by atoms with Crippen molar-refractivity contribution in [3.63, 3.8) is 0 Å². The number of benzene rings is 1. The van der Waals surface area contributed by atoms with Crippen LogP contribution in [0.25, 0.3) is 0 Å². The predicted molar refractivity (Wildman–Crippen MR) is 82.5 cm³/mol. The van der Waals surface area contributed by atoms with Gasteiger partial charge in [-0.05, 0) is 37.5 Å². The number of oxazole rings is 1. The van der Waals surface area contributed by atoms with Crippen LogP contribution in [0, 0.1) is 6.92 Å². The van der Waals surface area contributed by atoms with E-state index in [-0.39, 0.29) is 11.7 Å². The van der Waals surface area contributed by atoms with Crippen molar-refractivity contribution in [2.75, 3.05) is 0 Å². The average molecular weight is 335 g/mol. The minimum atomic E-state index is -1.19. The van der Waals surface area contributed by atoms with Gasteiger partial charge in [-0.3, -0.25) is 4.79 Å². The Morgan fingerprint density at radius 2 is 2.00 bits per heavy atom. The lowest BCUT2D eigenvalue weighted by atomic mass is 10.1. The van der Waals surface area contributed by atoms with E-state index in [0.717, 1.165) is 12.8 Å². The van der Waals surface area contributed by atoms with Crippen LogP contribution < -0.4 is 5.32 Å². The molecule has 2 N–H and O–H groups in total.